The van der Waals surface area contributed by atoms with Gasteiger partial charge in [-0.15, -0.1) is 10.2 Å². The van der Waals surface area contributed by atoms with Crippen LogP contribution < -0.4 is 4.74 Å². The van der Waals surface area contributed by atoms with Crippen molar-refractivity contribution in [2.75, 3.05) is 26.4 Å². The number of hydrogen-bond donors (Lipinski definition) is 1. The number of sulfonamides is 1. The molecule has 4 aromatic rings. The molecule has 4 heterocycles. The highest BCUT2D eigenvalue weighted by Crippen LogP contribution is 2.44. The van der Waals surface area contributed by atoms with Crippen molar-refractivity contribution in [2.45, 2.75) is 57.9 Å². The van der Waals surface area contributed by atoms with Gasteiger partial charge in [-0.1, -0.05) is 18.2 Å². The van der Waals surface area contributed by atoms with E-state index in [-0.39, 0.29) is 36.1 Å². The highest BCUT2D eigenvalue weighted by atomic mass is 32.2. The molecule has 240 valence electrons. The molecule has 0 saturated heterocycles. The molecule has 1 aliphatic rings. The van der Waals surface area contributed by atoms with Crippen LogP contribution in [0.5, 0.6) is 5.88 Å². The number of rotatable bonds is 7. The summed E-state index contributed by atoms with van der Waals surface area (Å²) in [6.07, 6.45) is 0.495. The Balaban J connectivity index is 1.61. The van der Waals surface area contributed by atoms with Crippen molar-refractivity contribution < 1.29 is 36.6 Å². The normalized spacial score (nSPS) is 17.0. The van der Waals surface area contributed by atoms with Gasteiger partial charge in [0.2, 0.25) is 21.7 Å². The lowest BCUT2D eigenvalue weighted by Gasteiger charge is -2.33. The molecule has 0 radical (unpaired) electrons. The van der Waals surface area contributed by atoms with E-state index < -0.39 is 39.6 Å². The minimum atomic E-state index is -4.06. The highest BCUT2D eigenvalue weighted by Gasteiger charge is 2.40. The fourth-order valence-corrected chi connectivity index (χ4v) is 7.20. The van der Waals surface area contributed by atoms with Crippen LogP contribution in [-0.4, -0.2) is 69.7 Å². The zero-order chi connectivity index (χ0) is 32.5. The molecular formula is C31H35F2N5O6S. The van der Waals surface area contributed by atoms with Crippen molar-refractivity contribution in [1.29, 1.82) is 0 Å². The SMILES string of the molecule is Cc1ccc([C@@H](c2ccn3c(C(F)F)nnc3c2C)C(C)(C)C(=O)O)cc1CN1CCCOCCOc2ncccc2S1(=O)=O. The number of aliphatic carboxylic acids is 1. The van der Waals surface area contributed by atoms with Crippen LogP contribution in [0.15, 0.2) is 53.7 Å². The zero-order valence-electron chi connectivity index (χ0n) is 25.4. The molecule has 1 N–H and O–H groups in total. The van der Waals surface area contributed by atoms with Crippen LogP contribution in [0.2, 0.25) is 0 Å². The number of halogens is 2. The minimum Gasteiger partial charge on any atom is -0.481 e. The van der Waals surface area contributed by atoms with Gasteiger partial charge in [0.25, 0.3) is 6.43 Å². The monoisotopic (exact) mass is 643 g/mol. The summed E-state index contributed by atoms with van der Waals surface area (Å²) in [6, 6.07) is 10.1. The van der Waals surface area contributed by atoms with Gasteiger partial charge >= 0.3 is 5.97 Å². The first-order valence-corrected chi connectivity index (χ1v) is 15.9. The van der Waals surface area contributed by atoms with Crippen molar-refractivity contribution in [3.05, 3.63) is 82.4 Å². The molecule has 0 bridgehead atoms. The number of nitrogens with zero attached hydrogens (tertiary/aromatic N) is 5. The molecule has 5 rings (SSSR count). The fourth-order valence-electron chi connectivity index (χ4n) is 5.66. The smallest absolute Gasteiger partial charge is 0.310 e. The van der Waals surface area contributed by atoms with Crippen LogP contribution in [0.4, 0.5) is 8.78 Å². The maximum atomic E-state index is 14.0. The number of hydrogen-bond acceptors (Lipinski definition) is 8. The Kier molecular flexibility index (Phi) is 9.19. The second kappa shape index (κ2) is 12.8. The van der Waals surface area contributed by atoms with Crippen molar-refractivity contribution >= 4 is 21.6 Å². The van der Waals surface area contributed by atoms with Crippen molar-refractivity contribution in [3.8, 4) is 5.88 Å². The third-order valence-corrected chi connectivity index (χ3v) is 10.1. The van der Waals surface area contributed by atoms with Crippen LogP contribution in [-0.2, 0) is 26.1 Å². The maximum Gasteiger partial charge on any atom is 0.310 e. The van der Waals surface area contributed by atoms with Gasteiger partial charge in [-0.25, -0.2) is 22.2 Å². The van der Waals surface area contributed by atoms with E-state index in [4.69, 9.17) is 9.47 Å². The Morgan fingerprint density at radius 2 is 1.89 bits per heavy atom. The van der Waals surface area contributed by atoms with E-state index in [2.05, 4.69) is 15.2 Å². The first kappa shape index (κ1) is 32.4. The van der Waals surface area contributed by atoms with Crippen molar-refractivity contribution in [1.82, 2.24) is 23.9 Å². The van der Waals surface area contributed by atoms with Crippen LogP contribution in [0.1, 0.15) is 66.3 Å². The van der Waals surface area contributed by atoms with E-state index in [0.717, 1.165) is 5.56 Å². The average molecular weight is 644 g/mol. The number of alkyl halides is 2. The van der Waals surface area contributed by atoms with E-state index in [1.165, 1.54) is 33.2 Å². The van der Waals surface area contributed by atoms with Gasteiger partial charge in [-0.3, -0.25) is 9.20 Å². The topological polar surface area (TPSA) is 136 Å². The Bertz CT molecular complexity index is 1830. The lowest BCUT2D eigenvalue weighted by atomic mass is 9.70. The molecule has 3 aromatic heterocycles. The first-order valence-electron chi connectivity index (χ1n) is 14.4. The second-order valence-electron chi connectivity index (χ2n) is 11.6. The summed E-state index contributed by atoms with van der Waals surface area (Å²) in [5.41, 5.74) is 2.03. The lowest BCUT2D eigenvalue weighted by Crippen LogP contribution is -2.34. The van der Waals surface area contributed by atoms with Gasteiger partial charge in [-0.05, 0) is 80.1 Å². The largest absolute Gasteiger partial charge is 0.481 e. The van der Waals surface area contributed by atoms with Crippen molar-refractivity contribution in [2.24, 2.45) is 5.41 Å². The fraction of sp³-hybridized carbons (Fsp3) is 0.419. The molecule has 0 aliphatic carbocycles. The Morgan fingerprint density at radius 1 is 1.11 bits per heavy atom. The van der Waals surface area contributed by atoms with Crippen LogP contribution in [0.3, 0.4) is 0 Å². The van der Waals surface area contributed by atoms with E-state index in [0.29, 0.717) is 41.9 Å². The molecular weight excluding hydrogens is 608 g/mol. The Hall–Kier alpha value is -4.01. The third-order valence-electron chi connectivity index (χ3n) is 8.24. The number of pyridine rings is 2. The molecule has 11 nitrogen and oxygen atoms in total. The van der Waals surface area contributed by atoms with Crippen molar-refractivity contribution in [3.63, 3.8) is 0 Å². The number of benzene rings is 1. The van der Waals surface area contributed by atoms with Gasteiger partial charge < -0.3 is 14.6 Å². The summed E-state index contributed by atoms with van der Waals surface area (Å²) in [5, 5.41) is 18.0. The third kappa shape index (κ3) is 6.26. The number of fused-ring (bicyclic) bond motifs is 2. The quantitative estimate of drug-likeness (QED) is 0.298. The molecule has 0 spiro atoms. The molecule has 45 heavy (non-hydrogen) atoms. The molecule has 0 unspecified atom stereocenters. The summed E-state index contributed by atoms with van der Waals surface area (Å²) in [6.45, 7) is 7.70. The standard InChI is InChI=1S/C31H35F2N5O6S/c1-19-8-9-21(25(31(3,4)30(39)40)23-10-13-38-27(20(23)2)35-36-28(38)26(32)33)17-22(19)18-37-12-6-14-43-15-16-44-29-24(45(37,41)42)7-5-11-34-29/h5,7-11,13,17,25-26H,6,12,14-16,18H2,1-4H3,(H,39,40)/t25-/m0/s1. The van der Waals surface area contributed by atoms with E-state index in [1.807, 2.05) is 25.1 Å². The molecule has 1 aromatic carbocycles. The summed E-state index contributed by atoms with van der Waals surface area (Å²) in [7, 11) is -4.06. The van der Waals surface area contributed by atoms with E-state index in [9.17, 15) is 27.1 Å². The molecule has 1 atom stereocenters. The number of aromatic nitrogens is 4. The van der Waals surface area contributed by atoms with Gasteiger partial charge in [0.1, 0.15) is 11.5 Å². The van der Waals surface area contributed by atoms with Gasteiger partial charge in [0.15, 0.2) is 5.65 Å². The summed E-state index contributed by atoms with van der Waals surface area (Å²) in [4.78, 5) is 16.7. The van der Waals surface area contributed by atoms with Crippen LogP contribution >= 0.6 is 0 Å². The lowest BCUT2D eigenvalue weighted by molar-refractivity contribution is -0.147. The van der Waals surface area contributed by atoms with Gasteiger partial charge in [0.05, 0.1) is 12.0 Å². The first-order chi connectivity index (χ1) is 21.3. The number of ether oxygens (including phenoxy) is 2. The van der Waals surface area contributed by atoms with Gasteiger partial charge in [-0.2, -0.15) is 4.31 Å². The average Bonchev–Trinajstić information content (AvgIpc) is 3.43. The van der Waals surface area contributed by atoms with E-state index in [1.54, 1.807) is 26.8 Å². The molecule has 0 saturated carbocycles. The zero-order valence-corrected chi connectivity index (χ0v) is 26.2. The Labute approximate surface area is 259 Å². The van der Waals surface area contributed by atoms with Crippen LogP contribution in [0.25, 0.3) is 5.65 Å². The van der Waals surface area contributed by atoms with Gasteiger partial charge in [0, 0.05) is 38.0 Å². The van der Waals surface area contributed by atoms with Crippen LogP contribution in [0, 0.1) is 19.3 Å². The molecule has 0 fully saturated rings. The number of carbonyl (C=O) groups is 1. The summed E-state index contributed by atoms with van der Waals surface area (Å²) < 4.78 is 68.9. The maximum absolute atomic E-state index is 14.0. The Morgan fingerprint density at radius 3 is 2.62 bits per heavy atom. The molecule has 1 aliphatic heterocycles. The summed E-state index contributed by atoms with van der Waals surface area (Å²) >= 11 is 0. The predicted octanol–water partition coefficient (Wildman–Crippen LogP) is 4.91. The predicted molar refractivity (Wildman–Crippen MR) is 160 cm³/mol. The number of aryl methyl sites for hydroxylation is 2. The summed E-state index contributed by atoms with van der Waals surface area (Å²) in [5.74, 6) is -2.33. The van der Waals surface area contributed by atoms with E-state index >= 15 is 0 Å². The number of carboxylic acids is 1. The highest BCUT2D eigenvalue weighted by molar-refractivity contribution is 7.89. The second-order valence-corrected chi connectivity index (χ2v) is 13.5. The number of carboxylic acid groups (broad SMARTS) is 1. The molecule has 0 amide bonds. The minimum absolute atomic E-state index is 0.00347. The molecule has 14 heteroatoms.